The molecule has 0 aromatic heterocycles. The molecule has 12 heteroatoms. The highest BCUT2D eigenvalue weighted by Crippen LogP contribution is 2.22. The van der Waals surface area contributed by atoms with Gasteiger partial charge in [0.05, 0.1) is 26.2 Å². The predicted molar refractivity (Wildman–Crippen MR) is 128 cm³/mol. The van der Waals surface area contributed by atoms with Crippen LogP contribution in [-0.4, -0.2) is 144 Å². The van der Waals surface area contributed by atoms with Gasteiger partial charge in [0.1, 0.15) is 0 Å². The third-order valence-electron chi connectivity index (χ3n) is 6.69. The van der Waals surface area contributed by atoms with E-state index in [0.717, 1.165) is 12.8 Å². The Labute approximate surface area is 206 Å². The van der Waals surface area contributed by atoms with E-state index >= 15 is 0 Å². The lowest BCUT2D eigenvalue weighted by molar-refractivity contribution is -0.140. The number of carbonyl (C=O) groups excluding carboxylic acids is 1. The quantitative estimate of drug-likeness (QED) is 0.297. The van der Waals surface area contributed by atoms with Gasteiger partial charge in [0.25, 0.3) is 0 Å². The van der Waals surface area contributed by atoms with Crippen LogP contribution >= 0.6 is 0 Å². The summed E-state index contributed by atoms with van der Waals surface area (Å²) in [5, 5.41) is 30.9. The fourth-order valence-corrected chi connectivity index (χ4v) is 4.69. The van der Waals surface area contributed by atoms with Crippen LogP contribution in [-0.2, 0) is 19.2 Å². The van der Waals surface area contributed by atoms with Crippen LogP contribution in [0.3, 0.4) is 0 Å². The molecule has 1 heterocycles. The second-order valence-electron chi connectivity index (χ2n) is 9.59. The molecule has 1 saturated heterocycles. The highest BCUT2D eigenvalue weighted by Gasteiger charge is 2.21. The summed E-state index contributed by atoms with van der Waals surface area (Å²) >= 11 is 0. The molecule has 1 aliphatic heterocycles. The first-order valence-corrected chi connectivity index (χ1v) is 12.5. The Hall–Kier alpha value is -2.28. The minimum Gasteiger partial charge on any atom is -0.480 e. The lowest BCUT2D eigenvalue weighted by Gasteiger charge is -2.33. The molecule has 0 aromatic rings. The maximum absolute atomic E-state index is 12.7. The Bertz CT molecular complexity index is 670. The second-order valence-corrected chi connectivity index (χ2v) is 9.59. The number of nitrogens with one attached hydrogen (secondary N) is 1. The number of amides is 1. The smallest absolute Gasteiger partial charge is 0.317 e. The van der Waals surface area contributed by atoms with E-state index in [0.29, 0.717) is 64.8 Å². The molecule has 0 unspecified atom stereocenters. The summed E-state index contributed by atoms with van der Waals surface area (Å²) in [6, 6.07) is 0. The molecular formula is C23H41N5O7. The Morgan fingerprint density at radius 2 is 0.914 bits per heavy atom. The van der Waals surface area contributed by atoms with E-state index in [1.807, 2.05) is 4.90 Å². The monoisotopic (exact) mass is 499 g/mol. The number of nitrogens with zero attached hydrogens (tertiary/aromatic N) is 4. The number of carbonyl (C=O) groups is 4. The molecule has 2 rings (SSSR count). The van der Waals surface area contributed by atoms with E-state index in [1.165, 1.54) is 19.3 Å². The van der Waals surface area contributed by atoms with Crippen molar-refractivity contribution in [3.8, 4) is 0 Å². The number of aliphatic carboxylic acids is 3. The van der Waals surface area contributed by atoms with Crippen LogP contribution in [0.5, 0.6) is 0 Å². The summed E-state index contributed by atoms with van der Waals surface area (Å²) in [5.74, 6) is -2.48. The molecular weight excluding hydrogens is 458 g/mol. The van der Waals surface area contributed by atoms with Gasteiger partial charge in [0.15, 0.2) is 0 Å². The molecule has 12 nitrogen and oxygen atoms in total. The third-order valence-corrected chi connectivity index (χ3v) is 6.69. The van der Waals surface area contributed by atoms with Gasteiger partial charge in [0, 0.05) is 58.9 Å². The van der Waals surface area contributed by atoms with Crippen LogP contribution in [0.4, 0.5) is 0 Å². The van der Waals surface area contributed by atoms with Crippen molar-refractivity contribution in [2.75, 3.05) is 85.1 Å². The zero-order valence-corrected chi connectivity index (χ0v) is 20.6. The van der Waals surface area contributed by atoms with Crippen molar-refractivity contribution >= 4 is 23.8 Å². The van der Waals surface area contributed by atoms with E-state index in [4.69, 9.17) is 0 Å². The van der Waals surface area contributed by atoms with E-state index in [-0.39, 0.29) is 32.1 Å². The Kier molecular flexibility index (Phi) is 13.0. The fraction of sp³-hybridized carbons (Fsp3) is 0.826. The largest absolute Gasteiger partial charge is 0.480 e. The first kappa shape index (κ1) is 29.0. The highest BCUT2D eigenvalue weighted by molar-refractivity contribution is 5.78. The summed E-state index contributed by atoms with van der Waals surface area (Å²) in [7, 11) is 0. The molecule has 2 fully saturated rings. The summed E-state index contributed by atoms with van der Waals surface area (Å²) in [6.45, 7) is 3.42. The molecule has 0 atom stereocenters. The van der Waals surface area contributed by atoms with Gasteiger partial charge >= 0.3 is 17.9 Å². The summed E-state index contributed by atoms with van der Waals surface area (Å²) in [6.07, 6.45) is 5.94. The molecule has 1 aliphatic carbocycles. The van der Waals surface area contributed by atoms with Crippen LogP contribution < -0.4 is 5.32 Å². The van der Waals surface area contributed by atoms with Gasteiger partial charge in [-0.2, -0.15) is 0 Å². The zero-order chi connectivity index (χ0) is 25.6. The number of carboxylic acids is 3. The summed E-state index contributed by atoms with van der Waals surface area (Å²) in [5.41, 5.74) is 0. The van der Waals surface area contributed by atoms with Crippen LogP contribution in [0.25, 0.3) is 0 Å². The molecule has 35 heavy (non-hydrogen) atoms. The molecule has 0 bridgehead atoms. The van der Waals surface area contributed by atoms with Gasteiger partial charge in [-0.25, -0.2) is 0 Å². The fourth-order valence-electron chi connectivity index (χ4n) is 4.69. The van der Waals surface area contributed by atoms with Gasteiger partial charge in [-0.3, -0.25) is 38.8 Å². The van der Waals surface area contributed by atoms with Crippen molar-refractivity contribution in [1.29, 1.82) is 0 Å². The number of hydrogen-bond donors (Lipinski definition) is 4. The first-order chi connectivity index (χ1) is 16.7. The van der Waals surface area contributed by atoms with Crippen LogP contribution in [0.2, 0.25) is 0 Å². The third kappa shape index (κ3) is 12.8. The van der Waals surface area contributed by atoms with Crippen molar-refractivity contribution in [3.05, 3.63) is 0 Å². The Balaban J connectivity index is 2.02. The maximum atomic E-state index is 12.7. The second kappa shape index (κ2) is 15.7. The van der Waals surface area contributed by atoms with E-state index < -0.39 is 17.9 Å². The standard InChI is InChI=1S/C23H41N5O7/c29-20(24-14-19-4-2-1-3-5-19)15-25-6-8-26(16-21(30)31)10-12-28(18-23(34)35)13-11-27(9-7-25)17-22(32)33/h19H,1-18H2,(H,24,29)(H,30,31)(H,32,33)(H,34,35). The van der Waals surface area contributed by atoms with E-state index in [1.54, 1.807) is 14.7 Å². The minimum absolute atomic E-state index is 0.0788. The van der Waals surface area contributed by atoms with Gasteiger partial charge < -0.3 is 20.6 Å². The van der Waals surface area contributed by atoms with Crippen LogP contribution in [0.1, 0.15) is 32.1 Å². The minimum atomic E-state index is -0.989. The van der Waals surface area contributed by atoms with E-state index in [2.05, 4.69) is 5.32 Å². The summed E-state index contributed by atoms with van der Waals surface area (Å²) in [4.78, 5) is 53.8. The molecule has 1 saturated carbocycles. The zero-order valence-electron chi connectivity index (χ0n) is 20.6. The normalized spacial score (nSPS) is 21.0. The SMILES string of the molecule is O=C(O)CN1CCN(CC(=O)O)CCN(CC(=O)NCC2CCCCC2)CCN(CC(=O)O)CC1. The number of hydrogen-bond acceptors (Lipinski definition) is 8. The Morgan fingerprint density at radius 1 is 0.571 bits per heavy atom. The van der Waals surface area contributed by atoms with Crippen molar-refractivity contribution < 1.29 is 34.5 Å². The number of carboxylic acid groups (broad SMARTS) is 3. The van der Waals surface area contributed by atoms with Crippen molar-refractivity contribution in [2.24, 2.45) is 5.92 Å². The molecule has 0 spiro atoms. The first-order valence-electron chi connectivity index (χ1n) is 12.5. The van der Waals surface area contributed by atoms with Gasteiger partial charge in [-0.05, 0) is 18.8 Å². The van der Waals surface area contributed by atoms with Crippen LogP contribution in [0.15, 0.2) is 0 Å². The van der Waals surface area contributed by atoms with Gasteiger partial charge in [-0.1, -0.05) is 19.3 Å². The Morgan fingerprint density at radius 3 is 1.26 bits per heavy atom. The summed E-state index contributed by atoms with van der Waals surface area (Å²) < 4.78 is 0. The molecule has 4 N–H and O–H groups in total. The average molecular weight is 500 g/mol. The van der Waals surface area contributed by atoms with Crippen molar-refractivity contribution in [1.82, 2.24) is 24.9 Å². The molecule has 2 aliphatic rings. The maximum Gasteiger partial charge on any atom is 0.317 e. The average Bonchev–Trinajstić information content (AvgIpc) is 2.79. The lowest BCUT2D eigenvalue weighted by Crippen LogP contribution is -2.50. The highest BCUT2D eigenvalue weighted by atomic mass is 16.4. The van der Waals surface area contributed by atoms with Gasteiger partial charge in [-0.15, -0.1) is 0 Å². The van der Waals surface area contributed by atoms with Crippen LogP contribution in [0, 0.1) is 5.92 Å². The topological polar surface area (TPSA) is 154 Å². The van der Waals surface area contributed by atoms with Gasteiger partial charge in [0.2, 0.25) is 5.91 Å². The number of rotatable bonds is 10. The molecule has 1 amide bonds. The molecule has 200 valence electrons. The van der Waals surface area contributed by atoms with Crippen molar-refractivity contribution in [2.45, 2.75) is 32.1 Å². The van der Waals surface area contributed by atoms with E-state index in [9.17, 15) is 34.5 Å². The van der Waals surface area contributed by atoms with Crippen molar-refractivity contribution in [3.63, 3.8) is 0 Å². The lowest BCUT2D eigenvalue weighted by atomic mass is 9.89. The molecule has 0 aromatic carbocycles. The predicted octanol–water partition coefficient (Wildman–Crippen LogP) is -0.842. The molecule has 0 radical (unpaired) electrons.